The van der Waals surface area contributed by atoms with Crippen LogP contribution in [0.2, 0.25) is 0 Å². The van der Waals surface area contributed by atoms with Crippen LogP contribution < -0.4 is 11.2 Å². The molecule has 3 unspecified atom stereocenters. The highest BCUT2D eigenvalue weighted by molar-refractivity contribution is 5.78. The lowest BCUT2D eigenvalue weighted by molar-refractivity contribution is -0.150. The highest BCUT2D eigenvalue weighted by atomic mass is 16.7. The lowest BCUT2D eigenvalue weighted by Crippen LogP contribution is -2.43. The smallest absolute Gasteiger partial charge is 0.247 e. The van der Waals surface area contributed by atoms with Crippen molar-refractivity contribution in [2.24, 2.45) is 11.7 Å². The number of carbonyl (C=O) groups is 1. The summed E-state index contributed by atoms with van der Waals surface area (Å²) >= 11 is 0. The van der Waals surface area contributed by atoms with Crippen molar-refractivity contribution in [1.29, 1.82) is 0 Å². The van der Waals surface area contributed by atoms with Crippen molar-refractivity contribution in [3.8, 4) is 0 Å². The Morgan fingerprint density at radius 1 is 1.00 bits per heavy atom. The maximum absolute atomic E-state index is 12.7. The van der Waals surface area contributed by atoms with Gasteiger partial charge in [-0.3, -0.25) is 9.63 Å². The lowest BCUT2D eigenvalue weighted by atomic mass is 9.89. The maximum atomic E-state index is 12.7. The summed E-state index contributed by atoms with van der Waals surface area (Å²) in [5, 5.41) is 10.7. The van der Waals surface area contributed by atoms with Gasteiger partial charge in [-0.05, 0) is 51.2 Å². The van der Waals surface area contributed by atoms with Crippen LogP contribution in [-0.4, -0.2) is 28.8 Å². The third-order valence-electron chi connectivity index (χ3n) is 4.49. The van der Waals surface area contributed by atoms with Crippen molar-refractivity contribution in [2.45, 2.75) is 57.8 Å². The molecule has 28 heavy (non-hydrogen) atoms. The van der Waals surface area contributed by atoms with Gasteiger partial charge in [0.2, 0.25) is 5.91 Å². The number of hydrogen-bond donors (Lipinski definition) is 3. The first kappa shape index (κ1) is 22.1. The number of carbonyl (C=O) groups excluding carboxylic acids is 1. The second-order valence-electron chi connectivity index (χ2n) is 8.22. The minimum atomic E-state index is -0.797. The van der Waals surface area contributed by atoms with E-state index >= 15 is 0 Å². The van der Waals surface area contributed by atoms with E-state index in [0.717, 1.165) is 11.1 Å². The molecule has 0 aliphatic rings. The molecule has 1 amide bonds. The predicted molar refractivity (Wildman–Crippen MR) is 111 cm³/mol. The summed E-state index contributed by atoms with van der Waals surface area (Å²) in [6.07, 6.45) is 0.534. The monoisotopic (exact) mass is 384 g/mol. The summed E-state index contributed by atoms with van der Waals surface area (Å²) in [5.41, 5.74) is 10.4. The number of hydrogen-bond acceptors (Lipinski definition) is 4. The Hall–Kier alpha value is -2.21. The SMILES string of the molecule is CC(C)(C)ONC(=O)C(Cc1ccccc1)CC(O)C(N)Cc1ccccc1. The van der Waals surface area contributed by atoms with Crippen molar-refractivity contribution in [1.82, 2.24) is 5.48 Å². The molecule has 4 N–H and O–H groups in total. The van der Waals surface area contributed by atoms with Crippen LogP contribution in [0.25, 0.3) is 0 Å². The molecule has 0 heterocycles. The molecular formula is C23H32N2O3. The van der Waals surface area contributed by atoms with E-state index in [4.69, 9.17) is 10.6 Å². The van der Waals surface area contributed by atoms with E-state index < -0.39 is 23.7 Å². The van der Waals surface area contributed by atoms with Crippen LogP contribution in [0.3, 0.4) is 0 Å². The van der Waals surface area contributed by atoms with Gasteiger partial charge in [-0.15, -0.1) is 0 Å². The Morgan fingerprint density at radius 2 is 1.50 bits per heavy atom. The van der Waals surface area contributed by atoms with Gasteiger partial charge in [-0.2, -0.15) is 0 Å². The summed E-state index contributed by atoms with van der Waals surface area (Å²) in [6.45, 7) is 5.60. The Kier molecular flexibility index (Phi) is 8.18. The van der Waals surface area contributed by atoms with E-state index in [-0.39, 0.29) is 12.3 Å². The van der Waals surface area contributed by atoms with Crippen LogP contribution >= 0.6 is 0 Å². The number of benzene rings is 2. The number of nitrogens with one attached hydrogen (secondary N) is 1. The molecule has 0 saturated carbocycles. The first-order valence-electron chi connectivity index (χ1n) is 9.74. The molecule has 0 aromatic heterocycles. The molecular weight excluding hydrogens is 352 g/mol. The summed E-state index contributed by atoms with van der Waals surface area (Å²) in [5.74, 6) is -0.689. The minimum absolute atomic E-state index is 0.246. The van der Waals surface area contributed by atoms with Gasteiger partial charge in [0.15, 0.2) is 0 Å². The van der Waals surface area contributed by atoms with E-state index in [1.165, 1.54) is 0 Å². The molecule has 0 aliphatic carbocycles. The first-order chi connectivity index (χ1) is 13.2. The molecule has 0 aliphatic heterocycles. The Labute approximate surface area is 167 Å². The lowest BCUT2D eigenvalue weighted by Gasteiger charge is -2.26. The van der Waals surface area contributed by atoms with Gasteiger partial charge in [-0.1, -0.05) is 60.7 Å². The minimum Gasteiger partial charge on any atom is -0.391 e. The molecule has 2 aromatic rings. The molecule has 0 saturated heterocycles. The Balaban J connectivity index is 2.03. The number of nitrogens with two attached hydrogens (primary N) is 1. The van der Waals surface area contributed by atoms with Gasteiger partial charge in [0.25, 0.3) is 0 Å². The second-order valence-corrected chi connectivity index (χ2v) is 8.22. The zero-order chi connectivity index (χ0) is 20.6. The fraction of sp³-hybridized carbons (Fsp3) is 0.435. The number of aliphatic hydroxyl groups is 1. The van der Waals surface area contributed by atoms with E-state index in [1.54, 1.807) is 0 Å². The van der Waals surface area contributed by atoms with E-state index in [2.05, 4.69) is 5.48 Å². The molecule has 5 nitrogen and oxygen atoms in total. The molecule has 2 aromatic carbocycles. The van der Waals surface area contributed by atoms with Crippen molar-refractivity contribution in [3.05, 3.63) is 71.8 Å². The standard InChI is InChI=1S/C23H32N2O3/c1-23(2,3)28-25-22(27)19(14-17-10-6-4-7-11-17)16-21(26)20(24)15-18-12-8-5-9-13-18/h4-13,19-21,26H,14-16,24H2,1-3H3,(H,25,27). The van der Waals surface area contributed by atoms with E-state index in [0.29, 0.717) is 12.8 Å². The van der Waals surface area contributed by atoms with Crippen molar-refractivity contribution in [3.63, 3.8) is 0 Å². The summed E-state index contributed by atoms with van der Waals surface area (Å²) in [7, 11) is 0. The number of amides is 1. The zero-order valence-corrected chi connectivity index (χ0v) is 17.0. The van der Waals surface area contributed by atoms with E-state index in [9.17, 15) is 9.90 Å². The van der Waals surface area contributed by atoms with Gasteiger partial charge < -0.3 is 10.8 Å². The fourth-order valence-corrected chi connectivity index (χ4v) is 2.96. The molecule has 0 spiro atoms. The van der Waals surface area contributed by atoms with Gasteiger partial charge in [0.05, 0.1) is 11.7 Å². The number of rotatable bonds is 9. The zero-order valence-electron chi connectivity index (χ0n) is 17.0. The molecule has 0 bridgehead atoms. The van der Waals surface area contributed by atoms with Crippen LogP contribution in [0.4, 0.5) is 0 Å². The van der Waals surface area contributed by atoms with Crippen molar-refractivity contribution in [2.75, 3.05) is 0 Å². The first-order valence-corrected chi connectivity index (χ1v) is 9.74. The quantitative estimate of drug-likeness (QED) is 0.580. The third-order valence-corrected chi connectivity index (χ3v) is 4.49. The molecule has 0 fully saturated rings. The largest absolute Gasteiger partial charge is 0.391 e. The van der Waals surface area contributed by atoms with E-state index in [1.807, 2.05) is 81.4 Å². The molecule has 2 rings (SSSR count). The average Bonchev–Trinajstić information content (AvgIpc) is 2.66. The predicted octanol–water partition coefficient (Wildman–Crippen LogP) is 3.01. The summed E-state index contributed by atoms with van der Waals surface area (Å²) in [6, 6.07) is 19.1. The Bertz CT molecular complexity index is 714. The van der Waals surface area contributed by atoms with Crippen molar-refractivity contribution >= 4 is 5.91 Å². The average molecular weight is 385 g/mol. The summed E-state index contributed by atoms with van der Waals surface area (Å²) < 4.78 is 0. The Morgan fingerprint density at radius 3 is 2.00 bits per heavy atom. The summed E-state index contributed by atoms with van der Waals surface area (Å²) in [4.78, 5) is 18.2. The molecule has 152 valence electrons. The number of hydroxylamine groups is 1. The topological polar surface area (TPSA) is 84.6 Å². The molecule has 0 radical (unpaired) electrons. The van der Waals surface area contributed by atoms with Gasteiger partial charge in [-0.25, -0.2) is 5.48 Å². The van der Waals surface area contributed by atoms with Crippen LogP contribution in [0.5, 0.6) is 0 Å². The second kappa shape index (κ2) is 10.4. The molecule has 5 heteroatoms. The highest BCUT2D eigenvalue weighted by Crippen LogP contribution is 2.18. The van der Waals surface area contributed by atoms with Crippen molar-refractivity contribution < 1.29 is 14.7 Å². The molecule has 3 atom stereocenters. The van der Waals surface area contributed by atoms with Gasteiger partial charge >= 0.3 is 0 Å². The number of aliphatic hydroxyl groups excluding tert-OH is 1. The van der Waals surface area contributed by atoms with Crippen LogP contribution in [0.15, 0.2) is 60.7 Å². The normalized spacial score (nSPS) is 14.9. The van der Waals surface area contributed by atoms with Crippen LogP contribution in [-0.2, 0) is 22.5 Å². The third kappa shape index (κ3) is 7.80. The van der Waals surface area contributed by atoms with Gasteiger partial charge in [0, 0.05) is 12.0 Å². The fourth-order valence-electron chi connectivity index (χ4n) is 2.96. The van der Waals surface area contributed by atoms with Gasteiger partial charge in [0.1, 0.15) is 0 Å². The maximum Gasteiger partial charge on any atom is 0.247 e. The van der Waals surface area contributed by atoms with Crippen LogP contribution in [0.1, 0.15) is 38.3 Å². The van der Waals surface area contributed by atoms with Crippen LogP contribution in [0, 0.1) is 5.92 Å². The highest BCUT2D eigenvalue weighted by Gasteiger charge is 2.27.